The second kappa shape index (κ2) is 9.70. The molecule has 6 N–H and O–H groups in total. The van der Waals surface area contributed by atoms with Crippen LogP contribution < -0.4 is 16.8 Å². The third-order valence-electron chi connectivity index (χ3n) is 1.69. The van der Waals surface area contributed by atoms with Crippen LogP contribution in [-0.4, -0.2) is 36.1 Å². The summed E-state index contributed by atoms with van der Waals surface area (Å²) >= 11 is 0. The molecule has 0 saturated heterocycles. The SMILES string of the molecule is Cl.NCCCC(N)C(=O)NCCC(=O)O. The van der Waals surface area contributed by atoms with Gasteiger partial charge in [-0.15, -0.1) is 12.4 Å². The van der Waals surface area contributed by atoms with E-state index in [-0.39, 0.29) is 31.3 Å². The van der Waals surface area contributed by atoms with Gasteiger partial charge in [0.15, 0.2) is 0 Å². The van der Waals surface area contributed by atoms with E-state index < -0.39 is 12.0 Å². The van der Waals surface area contributed by atoms with Crippen molar-refractivity contribution in [1.29, 1.82) is 0 Å². The second-order valence-corrected chi connectivity index (χ2v) is 2.97. The van der Waals surface area contributed by atoms with Gasteiger partial charge in [0.2, 0.25) is 5.91 Å². The average molecular weight is 240 g/mol. The van der Waals surface area contributed by atoms with Crippen LogP contribution in [0, 0.1) is 0 Å². The van der Waals surface area contributed by atoms with E-state index in [2.05, 4.69) is 5.32 Å². The number of carboxylic acid groups (broad SMARTS) is 1. The number of amides is 1. The Bertz CT molecular complexity index is 202. The van der Waals surface area contributed by atoms with Crippen molar-refractivity contribution in [2.24, 2.45) is 11.5 Å². The fourth-order valence-corrected chi connectivity index (χ4v) is 0.893. The summed E-state index contributed by atoms with van der Waals surface area (Å²) in [5.41, 5.74) is 10.8. The predicted octanol–water partition coefficient (Wildman–Crippen LogP) is -0.935. The molecule has 6 nitrogen and oxygen atoms in total. The van der Waals surface area contributed by atoms with Gasteiger partial charge in [0, 0.05) is 6.54 Å². The van der Waals surface area contributed by atoms with Crippen molar-refractivity contribution in [2.75, 3.05) is 13.1 Å². The predicted molar refractivity (Wildman–Crippen MR) is 58.8 cm³/mol. The van der Waals surface area contributed by atoms with E-state index >= 15 is 0 Å². The number of hydrogen-bond donors (Lipinski definition) is 4. The number of carbonyl (C=O) groups excluding carboxylic acids is 1. The molecule has 0 aromatic rings. The van der Waals surface area contributed by atoms with Crippen molar-refractivity contribution in [3.05, 3.63) is 0 Å². The van der Waals surface area contributed by atoms with Crippen LogP contribution in [0.2, 0.25) is 0 Å². The summed E-state index contributed by atoms with van der Waals surface area (Å²) in [7, 11) is 0. The molecule has 0 fully saturated rings. The fourth-order valence-electron chi connectivity index (χ4n) is 0.893. The van der Waals surface area contributed by atoms with Crippen LogP contribution in [0.15, 0.2) is 0 Å². The lowest BCUT2D eigenvalue weighted by atomic mass is 10.1. The number of carboxylic acids is 1. The molecule has 0 aromatic carbocycles. The molecule has 7 heteroatoms. The second-order valence-electron chi connectivity index (χ2n) is 2.97. The van der Waals surface area contributed by atoms with Gasteiger partial charge in [-0.05, 0) is 19.4 Å². The Kier molecular flexibility index (Phi) is 10.7. The molecule has 90 valence electrons. The van der Waals surface area contributed by atoms with Crippen LogP contribution in [0.4, 0.5) is 0 Å². The molecule has 0 aromatic heterocycles. The third-order valence-corrected chi connectivity index (χ3v) is 1.69. The Hall–Kier alpha value is -0.850. The van der Waals surface area contributed by atoms with E-state index in [1.165, 1.54) is 0 Å². The molecule has 0 saturated carbocycles. The van der Waals surface area contributed by atoms with Gasteiger partial charge >= 0.3 is 5.97 Å². The highest BCUT2D eigenvalue weighted by atomic mass is 35.5. The smallest absolute Gasteiger partial charge is 0.305 e. The molecule has 0 aliphatic rings. The van der Waals surface area contributed by atoms with E-state index in [4.69, 9.17) is 16.6 Å². The van der Waals surface area contributed by atoms with Gasteiger partial charge in [-0.2, -0.15) is 0 Å². The van der Waals surface area contributed by atoms with Crippen LogP contribution in [0.5, 0.6) is 0 Å². The zero-order valence-corrected chi connectivity index (χ0v) is 9.26. The van der Waals surface area contributed by atoms with Gasteiger partial charge in [-0.3, -0.25) is 9.59 Å². The van der Waals surface area contributed by atoms with Crippen LogP contribution in [0.3, 0.4) is 0 Å². The molecular weight excluding hydrogens is 222 g/mol. The summed E-state index contributed by atoms with van der Waals surface area (Å²) in [6.45, 7) is 0.612. The van der Waals surface area contributed by atoms with Crippen molar-refractivity contribution < 1.29 is 14.7 Å². The minimum atomic E-state index is -0.944. The van der Waals surface area contributed by atoms with Crippen LogP contribution in [-0.2, 0) is 9.59 Å². The van der Waals surface area contributed by atoms with Gasteiger partial charge < -0.3 is 21.9 Å². The first kappa shape index (κ1) is 16.6. The highest BCUT2D eigenvalue weighted by molar-refractivity contribution is 5.85. The number of aliphatic carboxylic acids is 1. The fraction of sp³-hybridized carbons (Fsp3) is 0.750. The first-order valence-corrected chi connectivity index (χ1v) is 4.53. The van der Waals surface area contributed by atoms with Crippen molar-refractivity contribution in [1.82, 2.24) is 5.32 Å². The molecule has 0 bridgehead atoms. The largest absolute Gasteiger partial charge is 0.481 e. The Morgan fingerprint density at radius 3 is 2.47 bits per heavy atom. The van der Waals surface area contributed by atoms with E-state index in [9.17, 15) is 9.59 Å². The maximum absolute atomic E-state index is 11.2. The quantitative estimate of drug-likeness (QED) is 0.458. The number of rotatable bonds is 7. The van der Waals surface area contributed by atoms with E-state index in [0.29, 0.717) is 19.4 Å². The third kappa shape index (κ3) is 9.45. The normalized spacial score (nSPS) is 11.3. The molecule has 1 amide bonds. The Morgan fingerprint density at radius 1 is 1.40 bits per heavy atom. The number of halogens is 1. The maximum atomic E-state index is 11.2. The summed E-state index contributed by atoms with van der Waals surface area (Å²) in [6, 6.07) is -0.590. The maximum Gasteiger partial charge on any atom is 0.305 e. The number of nitrogens with two attached hydrogens (primary N) is 2. The van der Waals surface area contributed by atoms with Gasteiger partial charge in [0.25, 0.3) is 0 Å². The zero-order chi connectivity index (χ0) is 11.0. The zero-order valence-electron chi connectivity index (χ0n) is 8.44. The van der Waals surface area contributed by atoms with Crippen LogP contribution in [0.1, 0.15) is 19.3 Å². The molecule has 1 unspecified atom stereocenters. The molecule has 0 aliphatic heterocycles. The van der Waals surface area contributed by atoms with Gasteiger partial charge in [-0.1, -0.05) is 0 Å². The molecule has 0 radical (unpaired) electrons. The first-order valence-electron chi connectivity index (χ1n) is 4.53. The summed E-state index contributed by atoms with van der Waals surface area (Å²) < 4.78 is 0. The summed E-state index contributed by atoms with van der Waals surface area (Å²) in [5.74, 6) is -1.26. The minimum Gasteiger partial charge on any atom is -0.481 e. The molecule has 0 spiro atoms. The van der Waals surface area contributed by atoms with Gasteiger partial charge in [0.1, 0.15) is 0 Å². The van der Waals surface area contributed by atoms with Crippen LogP contribution >= 0.6 is 12.4 Å². The van der Waals surface area contributed by atoms with Gasteiger partial charge in [0.05, 0.1) is 12.5 Å². The molecule has 15 heavy (non-hydrogen) atoms. The van der Waals surface area contributed by atoms with Gasteiger partial charge in [-0.25, -0.2) is 0 Å². The molecular formula is C8H18ClN3O3. The summed E-state index contributed by atoms with van der Waals surface area (Å²) in [6.07, 6.45) is 1.12. The van der Waals surface area contributed by atoms with Crippen LogP contribution in [0.25, 0.3) is 0 Å². The topological polar surface area (TPSA) is 118 Å². The lowest BCUT2D eigenvalue weighted by molar-refractivity contribution is -0.136. The Morgan fingerprint density at radius 2 is 2.00 bits per heavy atom. The van der Waals surface area contributed by atoms with E-state index in [1.54, 1.807) is 0 Å². The molecule has 1 atom stereocenters. The lowest BCUT2D eigenvalue weighted by Gasteiger charge is -2.10. The number of carbonyl (C=O) groups is 2. The first-order chi connectivity index (χ1) is 6.57. The Balaban J connectivity index is 0. The summed E-state index contributed by atoms with van der Waals surface area (Å²) in [4.78, 5) is 21.3. The minimum absolute atomic E-state index is 0. The highest BCUT2D eigenvalue weighted by Gasteiger charge is 2.11. The molecule has 0 rings (SSSR count). The lowest BCUT2D eigenvalue weighted by Crippen LogP contribution is -2.41. The van der Waals surface area contributed by atoms with E-state index in [0.717, 1.165) is 0 Å². The van der Waals surface area contributed by atoms with Crippen molar-refractivity contribution in [3.63, 3.8) is 0 Å². The molecule has 0 aliphatic carbocycles. The summed E-state index contributed by atoms with van der Waals surface area (Å²) in [5, 5.41) is 10.7. The standard InChI is InChI=1S/C8H17N3O3.ClH/c9-4-1-2-6(10)8(14)11-5-3-7(12)13;/h6H,1-5,9-10H2,(H,11,14)(H,12,13);1H. The Labute approximate surface area is 94.8 Å². The van der Waals surface area contributed by atoms with Crippen molar-refractivity contribution >= 4 is 24.3 Å². The van der Waals surface area contributed by atoms with E-state index in [1.807, 2.05) is 0 Å². The monoisotopic (exact) mass is 239 g/mol. The number of hydrogen-bond acceptors (Lipinski definition) is 4. The molecule has 0 heterocycles. The highest BCUT2D eigenvalue weighted by Crippen LogP contribution is 1.92. The average Bonchev–Trinajstić information content (AvgIpc) is 2.13. The van der Waals surface area contributed by atoms with Crippen molar-refractivity contribution in [3.8, 4) is 0 Å². The van der Waals surface area contributed by atoms with Crippen molar-refractivity contribution in [2.45, 2.75) is 25.3 Å². The number of nitrogens with one attached hydrogen (secondary N) is 1.